The topological polar surface area (TPSA) is 63.6 Å². The smallest absolute Gasteiger partial charge is 0.333 e. The largest absolute Gasteiger partial charge is 0.481 e. The van der Waals surface area contributed by atoms with Crippen molar-refractivity contribution in [3.63, 3.8) is 0 Å². The highest BCUT2D eigenvalue weighted by atomic mass is 28.3. The fourth-order valence-corrected chi connectivity index (χ4v) is 8.89. The lowest BCUT2D eigenvalue weighted by Crippen LogP contribution is -2.33. The summed E-state index contributed by atoms with van der Waals surface area (Å²) < 4.78 is 5.15. The van der Waals surface area contributed by atoms with Crippen LogP contribution in [0.5, 0.6) is 0 Å². The zero-order chi connectivity index (χ0) is 17.0. The van der Waals surface area contributed by atoms with Crippen LogP contribution in [-0.2, 0) is 14.3 Å². The van der Waals surface area contributed by atoms with E-state index >= 15 is 0 Å². The van der Waals surface area contributed by atoms with Crippen LogP contribution in [0.25, 0.3) is 0 Å². The molecule has 128 valence electrons. The van der Waals surface area contributed by atoms with E-state index in [-0.39, 0.29) is 12.0 Å². The lowest BCUT2D eigenvalue weighted by atomic mass is 10.2. The Bertz CT molecular complexity index is 349. The molecular weight excluding hydrogens is 296 g/mol. The standard InChI is InChI=1S/C17H32O4Si/c1-5-10-22(11-6-2,12-7-3)13-8-9-21-17(20)15(4)14-16(18)19/h4-14H2,1-3H3,(H,18,19). The van der Waals surface area contributed by atoms with Gasteiger partial charge < -0.3 is 9.84 Å². The lowest BCUT2D eigenvalue weighted by Gasteiger charge is -2.31. The Morgan fingerprint density at radius 3 is 1.91 bits per heavy atom. The van der Waals surface area contributed by atoms with Gasteiger partial charge in [-0.15, -0.1) is 0 Å². The predicted octanol–water partition coefficient (Wildman–Crippen LogP) is 4.63. The average molecular weight is 329 g/mol. The number of hydrogen-bond donors (Lipinski definition) is 1. The Morgan fingerprint density at radius 1 is 1.00 bits per heavy atom. The summed E-state index contributed by atoms with van der Waals surface area (Å²) in [6.07, 6.45) is 4.25. The third kappa shape index (κ3) is 8.37. The van der Waals surface area contributed by atoms with Crippen molar-refractivity contribution in [1.82, 2.24) is 0 Å². The summed E-state index contributed by atoms with van der Waals surface area (Å²) in [5, 5.41) is 8.63. The summed E-state index contributed by atoms with van der Waals surface area (Å²) in [6, 6.07) is 5.26. The molecule has 0 rings (SSSR count). The van der Waals surface area contributed by atoms with Gasteiger partial charge in [0.2, 0.25) is 0 Å². The number of carboxylic acid groups (broad SMARTS) is 1. The van der Waals surface area contributed by atoms with Crippen LogP contribution in [0.1, 0.15) is 52.9 Å². The zero-order valence-electron chi connectivity index (χ0n) is 14.5. The van der Waals surface area contributed by atoms with E-state index < -0.39 is 20.0 Å². The van der Waals surface area contributed by atoms with Gasteiger partial charge in [-0.1, -0.05) is 70.8 Å². The number of carbonyl (C=O) groups excluding carboxylic acids is 1. The fourth-order valence-electron chi connectivity index (χ4n) is 3.31. The van der Waals surface area contributed by atoms with Crippen molar-refractivity contribution in [3.8, 4) is 0 Å². The van der Waals surface area contributed by atoms with Gasteiger partial charge in [-0.25, -0.2) is 4.79 Å². The molecule has 0 spiro atoms. The molecule has 0 unspecified atom stereocenters. The van der Waals surface area contributed by atoms with Gasteiger partial charge in [-0.05, 0) is 6.42 Å². The highest BCUT2D eigenvalue weighted by Gasteiger charge is 2.29. The summed E-state index contributed by atoms with van der Waals surface area (Å²) >= 11 is 0. The van der Waals surface area contributed by atoms with Crippen LogP contribution in [0.4, 0.5) is 0 Å². The minimum atomic E-state index is -1.23. The summed E-state index contributed by atoms with van der Waals surface area (Å²) in [4.78, 5) is 22.1. The first kappa shape index (κ1) is 20.9. The van der Waals surface area contributed by atoms with Gasteiger partial charge in [0.15, 0.2) is 0 Å². The maximum absolute atomic E-state index is 11.6. The average Bonchev–Trinajstić information content (AvgIpc) is 2.43. The molecule has 0 saturated carbocycles. The highest BCUT2D eigenvalue weighted by Crippen LogP contribution is 2.31. The van der Waals surface area contributed by atoms with E-state index in [1.165, 1.54) is 43.4 Å². The van der Waals surface area contributed by atoms with Crippen LogP contribution < -0.4 is 0 Å². The normalized spacial score (nSPS) is 11.2. The number of carbonyl (C=O) groups is 2. The molecule has 4 nitrogen and oxygen atoms in total. The molecule has 0 bridgehead atoms. The molecule has 0 aromatic carbocycles. The monoisotopic (exact) mass is 328 g/mol. The van der Waals surface area contributed by atoms with Crippen LogP contribution in [-0.4, -0.2) is 31.7 Å². The van der Waals surface area contributed by atoms with Gasteiger partial charge in [-0.3, -0.25) is 4.79 Å². The van der Waals surface area contributed by atoms with Gasteiger partial charge in [0.05, 0.1) is 21.1 Å². The molecule has 0 aliphatic heterocycles. The maximum atomic E-state index is 11.6. The third-order valence-electron chi connectivity index (χ3n) is 4.08. The van der Waals surface area contributed by atoms with E-state index in [1.54, 1.807) is 0 Å². The van der Waals surface area contributed by atoms with Gasteiger partial charge in [-0.2, -0.15) is 0 Å². The summed E-state index contributed by atoms with van der Waals surface area (Å²) in [5.74, 6) is -1.63. The minimum Gasteiger partial charge on any atom is -0.481 e. The Hall–Kier alpha value is -1.10. The van der Waals surface area contributed by atoms with E-state index in [2.05, 4.69) is 27.4 Å². The molecule has 0 saturated heterocycles. The molecule has 0 amide bonds. The van der Waals surface area contributed by atoms with Crippen molar-refractivity contribution in [2.24, 2.45) is 0 Å². The van der Waals surface area contributed by atoms with Gasteiger partial charge in [0.25, 0.3) is 0 Å². The van der Waals surface area contributed by atoms with Crippen molar-refractivity contribution in [3.05, 3.63) is 12.2 Å². The second-order valence-corrected chi connectivity index (χ2v) is 11.2. The molecule has 0 aromatic heterocycles. The molecule has 5 heteroatoms. The predicted molar refractivity (Wildman–Crippen MR) is 92.8 cm³/mol. The van der Waals surface area contributed by atoms with Crippen LogP contribution in [0.15, 0.2) is 12.2 Å². The summed E-state index contributed by atoms with van der Waals surface area (Å²) in [5.41, 5.74) is 0.0201. The Morgan fingerprint density at radius 2 is 1.50 bits per heavy atom. The molecule has 0 aliphatic rings. The van der Waals surface area contributed by atoms with Crippen molar-refractivity contribution in [1.29, 1.82) is 0 Å². The second kappa shape index (κ2) is 11.5. The number of carboxylic acids is 1. The van der Waals surface area contributed by atoms with E-state index in [4.69, 9.17) is 9.84 Å². The van der Waals surface area contributed by atoms with E-state index in [0.717, 1.165) is 6.42 Å². The van der Waals surface area contributed by atoms with Crippen molar-refractivity contribution >= 4 is 20.0 Å². The number of rotatable bonds is 13. The molecule has 1 N–H and O–H groups in total. The molecule has 0 atom stereocenters. The summed E-state index contributed by atoms with van der Waals surface area (Å²) in [6.45, 7) is 10.6. The van der Waals surface area contributed by atoms with E-state index in [0.29, 0.717) is 6.61 Å². The van der Waals surface area contributed by atoms with Crippen LogP contribution >= 0.6 is 0 Å². The Kier molecular flexibility index (Phi) is 10.9. The quantitative estimate of drug-likeness (QED) is 0.232. The lowest BCUT2D eigenvalue weighted by molar-refractivity contribution is -0.142. The third-order valence-corrected chi connectivity index (χ3v) is 10.2. The summed E-state index contributed by atoms with van der Waals surface area (Å²) in [7, 11) is -1.23. The first-order valence-corrected chi connectivity index (χ1v) is 11.3. The van der Waals surface area contributed by atoms with Crippen molar-refractivity contribution in [2.45, 2.75) is 77.1 Å². The van der Waals surface area contributed by atoms with Crippen molar-refractivity contribution < 1.29 is 19.4 Å². The van der Waals surface area contributed by atoms with E-state index in [1.807, 2.05) is 0 Å². The van der Waals surface area contributed by atoms with Crippen molar-refractivity contribution in [2.75, 3.05) is 6.61 Å². The molecule has 0 radical (unpaired) electrons. The van der Waals surface area contributed by atoms with Gasteiger partial charge >= 0.3 is 11.9 Å². The molecule has 0 aliphatic carbocycles. The highest BCUT2D eigenvalue weighted by molar-refractivity contribution is 6.79. The van der Waals surface area contributed by atoms with Gasteiger partial charge in [0.1, 0.15) is 0 Å². The van der Waals surface area contributed by atoms with Crippen LogP contribution in [0.3, 0.4) is 0 Å². The molecular formula is C17H32O4Si. The number of hydrogen-bond acceptors (Lipinski definition) is 3. The first-order valence-electron chi connectivity index (χ1n) is 8.47. The molecule has 0 heterocycles. The number of esters is 1. The second-order valence-electron chi connectivity index (χ2n) is 6.16. The Labute approximate surface area is 136 Å². The molecule has 0 fully saturated rings. The van der Waals surface area contributed by atoms with Crippen LogP contribution in [0.2, 0.25) is 24.2 Å². The first-order chi connectivity index (χ1) is 10.4. The zero-order valence-corrected chi connectivity index (χ0v) is 15.5. The Balaban J connectivity index is 4.29. The van der Waals surface area contributed by atoms with Crippen LogP contribution in [0, 0.1) is 0 Å². The fraction of sp³-hybridized carbons (Fsp3) is 0.765. The van der Waals surface area contributed by atoms with E-state index in [9.17, 15) is 9.59 Å². The molecule has 22 heavy (non-hydrogen) atoms. The number of aliphatic carboxylic acids is 1. The molecule has 0 aromatic rings. The minimum absolute atomic E-state index is 0.0201. The maximum Gasteiger partial charge on any atom is 0.333 e. The van der Waals surface area contributed by atoms with Gasteiger partial charge in [0, 0.05) is 5.57 Å². The number of ether oxygens (including phenoxy) is 1. The SMILES string of the molecule is C=C(CC(=O)O)C(=O)OCCC[Si](CCC)(CCC)CCC.